The minimum atomic E-state index is -1.04. The molecule has 2 aromatic carbocycles. The molecule has 0 saturated carbocycles. The van der Waals surface area contributed by atoms with Gasteiger partial charge in [-0.15, -0.1) is 0 Å². The van der Waals surface area contributed by atoms with Gasteiger partial charge in [0.15, 0.2) is 17.4 Å². The smallest absolute Gasteiger partial charge is 0.354 e. The van der Waals surface area contributed by atoms with E-state index in [4.69, 9.17) is 4.74 Å². The number of carbonyl (C=O) groups is 1. The fraction of sp³-hybridized carbons (Fsp3) is 0.312. The van der Waals surface area contributed by atoms with E-state index in [2.05, 4.69) is 16.5 Å². The first kappa shape index (κ1) is 28.3. The van der Waals surface area contributed by atoms with Crippen molar-refractivity contribution in [1.82, 2.24) is 19.4 Å². The van der Waals surface area contributed by atoms with Crippen LogP contribution in [0.25, 0.3) is 27.7 Å². The molecule has 2 aromatic heterocycles. The third-order valence-corrected chi connectivity index (χ3v) is 8.19. The topological polar surface area (TPSA) is 101 Å². The Morgan fingerprint density at radius 2 is 1.95 bits per heavy atom. The molecule has 1 fully saturated rings. The van der Waals surface area contributed by atoms with Crippen molar-refractivity contribution in [3.05, 3.63) is 82.6 Å². The van der Waals surface area contributed by atoms with Crippen LogP contribution in [0.15, 0.2) is 54.0 Å². The summed E-state index contributed by atoms with van der Waals surface area (Å²) in [6.07, 6.45) is 3.25. The SMILES string of the molecule is C=CC(=O)N1CCN2c3nc(=O)n(-c4c(C)ccnc4C(C)C)c4c(F)c(-c5ccccc5O)c(F)c(c34)OCCC2C1. The van der Waals surface area contributed by atoms with Crippen molar-refractivity contribution in [2.24, 2.45) is 0 Å². The van der Waals surface area contributed by atoms with Gasteiger partial charge in [0, 0.05) is 37.8 Å². The number of benzene rings is 2. The van der Waals surface area contributed by atoms with Gasteiger partial charge in [-0.05, 0) is 36.6 Å². The lowest BCUT2D eigenvalue weighted by Gasteiger charge is -2.43. The molecule has 6 rings (SSSR count). The summed E-state index contributed by atoms with van der Waals surface area (Å²) in [5.41, 5.74) is -0.0707. The van der Waals surface area contributed by atoms with E-state index in [0.29, 0.717) is 36.5 Å². The maximum Gasteiger partial charge on any atom is 0.354 e. The first-order valence-electron chi connectivity index (χ1n) is 14.2. The molecule has 4 aromatic rings. The molecule has 2 aliphatic heterocycles. The first-order chi connectivity index (χ1) is 20.6. The number of carbonyl (C=O) groups excluding carboxylic acids is 1. The van der Waals surface area contributed by atoms with Gasteiger partial charge in [0.1, 0.15) is 17.1 Å². The molecule has 1 N–H and O–H groups in total. The second-order valence-corrected chi connectivity index (χ2v) is 11.1. The maximum absolute atomic E-state index is 17.1. The number of hydrogen-bond donors (Lipinski definition) is 1. The number of para-hydroxylation sites is 1. The average Bonchev–Trinajstić information content (AvgIpc) is 2.98. The van der Waals surface area contributed by atoms with Crippen LogP contribution in [0.1, 0.15) is 37.4 Å². The Hall–Kier alpha value is -4.80. The van der Waals surface area contributed by atoms with E-state index in [1.54, 1.807) is 36.2 Å². The molecule has 9 nitrogen and oxygen atoms in total. The standard InChI is InChI=1S/C32H31F2N5O4/c1-5-22(41)37-13-14-38-19(16-37)11-15-43-30-24-29(25(33)23(26(30)34)20-8-6-7-9-21(20)40)39(32(42)36-31(24)38)28-18(4)10-12-35-27(28)17(2)3/h5-10,12,17,19,40H,1,11,13-16H2,2-4H3. The highest BCUT2D eigenvalue weighted by atomic mass is 19.1. The van der Waals surface area contributed by atoms with E-state index in [0.717, 1.165) is 4.57 Å². The van der Waals surface area contributed by atoms with Crippen molar-refractivity contribution in [3.8, 4) is 28.3 Å². The van der Waals surface area contributed by atoms with Crippen molar-refractivity contribution in [3.63, 3.8) is 0 Å². The zero-order chi connectivity index (χ0) is 30.6. The summed E-state index contributed by atoms with van der Waals surface area (Å²) in [4.78, 5) is 38.9. The van der Waals surface area contributed by atoms with E-state index in [-0.39, 0.29) is 64.8 Å². The van der Waals surface area contributed by atoms with E-state index in [9.17, 15) is 14.7 Å². The molecule has 43 heavy (non-hydrogen) atoms. The molecular weight excluding hydrogens is 556 g/mol. The molecule has 1 saturated heterocycles. The van der Waals surface area contributed by atoms with Crippen LogP contribution >= 0.6 is 0 Å². The van der Waals surface area contributed by atoms with E-state index in [1.165, 1.54) is 18.2 Å². The van der Waals surface area contributed by atoms with Gasteiger partial charge in [-0.1, -0.05) is 38.6 Å². The molecule has 1 unspecified atom stereocenters. The quantitative estimate of drug-likeness (QED) is 0.341. The second-order valence-electron chi connectivity index (χ2n) is 11.1. The number of pyridine rings is 1. The number of phenolic OH excluding ortho intramolecular Hbond substituents is 1. The Morgan fingerprint density at radius 3 is 2.67 bits per heavy atom. The Kier molecular flexibility index (Phi) is 7.11. The monoisotopic (exact) mass is 587 g/mol. The van der Waals surface area contributed by atoms with Gasteiger partial charge in [0.25, 0.3) is 0 Å². The fourth-order valence-corrected chi connectivity index (χ4v) is 6.13. The van der Waals surface area contributed by atoms with Gasteiger partial charge >= 0.3 is 5.69 Å². The number of ether oxygens (including phenoxy) is 1. The van der Waals surface area contributed by atoms with E-state index >= 15 is 8.78 Å². The number of nitrogens with zero attached hydrogens (tertiary/aromatic N) is 5. The highest BCUT2D eigenvalue weighted by molar-refractivity contribution is 6.00. The number of halogens is 2. The van der Waals surface area contributed by atoms with Gasteiger partial charge in [0.2, 0.25) is 5.91 Å². The van der Waals surface area contributed by atoms with Crippen molar-refractivity contribution in [1.29, 1.82) is 0 Å². The lowest BCUT2D eigenvalue weighted by atomic mass is 9.97. The molecule has 11 heteroatoms. The van der Waals surface area contributed by atoms with E-state index in [1.807, 2.05) is 18.7 Å². The van der Waals surface area contributed by atoms with Gasteiger partial charge in [-0.25, -0.2) is 13.6 Å². The minimum absolute atomic E-state index is 0.0000673. The van der Waals surface area contributed by atoms with Crippen molar-refractivity contribution in [2.75, 3.05) is 31.1 Å². The average molecular weight is 588 g/mol. The largest absolute Gasteiger partial charge is 0.507 e. The van der Waals surface area contributed by atoms with Gasteiger partial charge in [0.05, 0.1) is 35.0 Å². The first-order valence-corrected chi connectivity index (χ1v) is 14.2. The highest BCUT2D eigenvalue weighted by Gasteiger charge is 2.37. The summed E-state index contributed by atoms with van der Waals surface area (Å²) in [5.74, 6) is -2.94. The molecule has 222 valence electrons. The molecule has 1 amide bonds. The summed E-state index contributed by atoms with van der Waals surface area (Å²) in [7, 11) is 0. The molecule has 2 aliphatic rings. The van der Waals surface area contributed by atoms with Crippen molar-refractivity contribution >= 4 is 22.6 Å². The van der Waals surface area contributed by atoms with Crippen LogP contribution in [0.2, 0.25) is 0 Å². The molecule has 0 bridgehead atoms. The number of fused-ring (bicyclic) bond motifs is 2. The number of aromatic hydroxyl groups is 1. The van der Waals surface area contributed by atoms with Crippen molar-refractivity contribution in [2.45, 2.75) is 39.2 Å². The van der Waals surface area contributed by atoms with Crippen LogP contribution in [-0.4, -0.2) is 62.7 Å². The van der Waals surface area contributed by atoms with Crippen LogP contribution in [0.4, 0.5) is 14.6 Å². The summed E-state index contributed by atoms with van der Waals surface area (Å²) in [6.45, 7) is 10.1. The summed E-state index contributed by atoms with van der Waals surface area (Å²) in [6, 6.07) is 7.24. The number of aromatic nitrogens is 3. The zero-order valence-electron chi connectivity index (χ0n) is 24.1. The highest BCUT2D eigenvalue weighted by Crippen LogP contribution is 2.46. The Morgan fingerprint density at radius 1 is 1.19 bits per heavy atom. The predicted molar refractivity (Wildman–Crippen MR) is 159 cm³/mol. The molecular formula is C32H31F2N5O4. The molecule has 0 aliphatic carbocycles. The van der Waals surface area contributed by atoms with Gasteiger partial charge in [-0.2, -0.15) is 4.98 Å². The van der Waals surface area contributed by atoms with E-state index < -0.39 is 22.9 Å². The van der Waals surface area contributed by atoms with Crippen LogP contribution in [-0.2, 0) is 4.79 Å². The Labute approximate surface area is 246 Å². The maximum atomic E-state index is 17.1. The molecule has 0 spiro atoms. The van der Waals surface area contributed by atoms with Gasteiger partial charge in [-0.3, -0.25) is 14.3 Å². The number of rotatable bonds is 4. The summed E-state index contributed by atoms with van der Waals surface area (Å²) >= 11 is 0. The molecule has 4 heterocycles. The summed E-state index contributed by atoms with van der Waals surface area (Å²) in [5, 5.41) is 10.7. The number of hydrogen-bond acceptors (Lipinski definition) is 7. The number of amides is 1. The number of piperazine rings is 1. The Balaban J connectivity index is 1.75. The normalized spacial score (nSPS) is 16.5. The number of phenols is 1. The van der Waals surface area contributed by atoms with Gasteiger partial charge < -0.3 is 19.6 Å². The third kappa shape index (κ3) is 4.50. The number of anilines is 1. The predicted octanol–water partition coefficient (Wildman–Crippen LogP) is 4.85. The van der Waals surface area contributed by atoms with Crippen LogP contribution in [0, 0.1) is 18.6 Å². The lowest BCUT2D eigenvalue weighted by molar-refractivity contribution is -0.126. The third-order valence-electron chi connectivity index (χ3n) is 8.19. The van der Waals surface area contributed by atoms with Crippen LogP contribution in [0.5, 0.6) is 11.5 Å². The van der Waals surface area contributed by atoms with Crippen LogP contribution in [0.3, 0.4) is 0 Å². The fourth-order valence-electron chi connectivity index (χ4n) is 6.13. The summed E-state index contributed by atoms with van der Waals surface area (Å²) < 4.78 is 40.8. The Bertz CT molecular complexity index is 1850. The number of aryl methyl sites for hydroxylation is 1. The molecule has 0 radical (unpaired) electrons. The van der Waals surface area contributed by atoms with Crippen molar-refractivity contribution < 1.29 is 23.4 Å². The van der Waals surface area contributed by atoms with Crippen LogP contribution < -0.4 is 15.3 Å². The second kappa shape index (κ2) is 10.8. The molecule has 1 atom stereocenters. The lowest BCUT2D eigenvalue weighted by Crippen LogP contribution is -2.56. The zero-order valence-corrected chi connectivity index (χ0v) is 24.1. The minimum Gasteiger partial charge on any atom is -0.507 e.